The van der Waals surface area contributed by atoms with Crippen LogP contribution in [0.3, 0.4) is 0 Å². The zero-order valence-electron chi connectivity index (χ0n) is 8.88. The molecular formula is C11H11Cl4OSi. The molecule has 1 fully saturated rings. The van der Waals surface area contributed by atoms with E-state index < -0.39 is 14.6 Å². The van der Waals surface area contributed by atoms with Crippen LogP contribution in [0, 0.1) is 0 Å². The third kappa shape index (κ3) is 3.12. The van der Waals surface area contributed by atoms with Crippen LogP contribution in [0.5, 0.6) is 0 Å². The zero-order chi connectivity index (χ0) is 12.4. The summed E-state index contributed by atoms with van der Waals surface area (Å²) in [5, 5.41) is 0.660. The fourth-order valence-electron chi connectivity index (χ4n) is 1.79. The molecule has 0 saturated carbocycles. The molecule has 1 aromatic rings. The summed E-state index contributed by atoms with van der Waals surface area (Å²) in [6.07, 6.45) is 0. The van der Waals surface area contributed by atoms with Gasteiger partial charge in [0.2, 0.25) is 0 Å². The average molecular weight is 329 g/mol. The number of alkyl halides is 4. The first-order chi connectivity index (χ1) is 8.13. The molecule has 17 heavy (non-hydrogen) atoms. The fraction of sp³-hybridized carbons (Fsp3) is 0.455. The van der Waals surface area contributed by atoms with Crippen LogP contribution >= 0.6 is 46.4 Å². The topological polar surface area (TPSA) is 9.23 Å². The monoisotopic (exact) mass is 327 g/mol. The number of halogens is 4. The van der Waals surface area contributed by atoms with Gasteiger partial charge in [-0.25, -0.2) is 0 Å². The molecule has 1 aromatic carbocycles. The minimum absolute atomic E-state index is 0.148. The molecule has 0 N–H and O–H groups in total. The molecule has 1 aliphatic heterocycles. The molecule has 1 aliphatic rings. The Morgan fingerprint density at radius 2 is 1.94 bits per heavy atom. The van der Waals surface area contributed by atoms with Crippen LogP contribution in [0.1, 0.15) is 5.56 Å². The van der Waals surface area contributed by atoms with E-state index in [2.05, 4.69) is 0 Å². The highest BCUT2D eigenvalue weighted by atomic mass is 35.5. The molecule has 1 heterocycles. The van der Waals surface area contributed by atoms with Crippen LogP contribution in [0.25, 0.3) is 0 Å². The quantitative estimate of drug-likeness (QED) is 0.597. The minimum Gasteiger partial charge on any atom is -0.394 e. The zero-order valence-corrected chi connectivity index (χ0v) is 12.9. The van der Waals surface area contributed by atoms with E-state index in [1.807, 2.05) is 24.3 Å². The van der Waals surface area contributed by atoms with Crippen LogP contribution in [-0.2, 0) is 10.3 Å². The van der Waals surface area contributed by atoms with Crippen molar-refractivity contribution >= 4 is 60.6 Å². The Labute approximate surface area is 123 Å². The maximum absolute atomic E-state index is 6.20. The van der Waals surface area contributed by atoms with Crippen molar-refractivity contribution < 1.29 is 4.43 Å². The Morgan fingerprint density at radius 1 is 1.24 bits per heavy atom. The first-order valence-electron chi connectivity index (χ1n) is 5.22. The lowest BCUT2D eigenvalue weighted by atomic mass is 10.2. The maximum atomic E-state index is 6.20. The molecule has 3 atom stereocenters. The predicted molar refractivity (Wildman–Crippen MR) is 76.2 cm³/mol. The largest absolute Gasteiger partial charge is 0.394 e. The summed E-state index contributed by atoms with van der Waals surface area (Å²) in [5.41, 5.74) is 0.564. The maximum Gasteiger partial charge on any atom is 0.250 e. The highest BCUT2D eigenvalue weighted by molar-refractivity contribution is 6.70. The van der Waals surface area contributed by atoms with Gasteiger partial charge in [0.1, 0.15) is 5.56 Å². The molecule has 0 bridgehead atoms. The average Bonchev–Trinajstić information content (AvgIpc) is 2.35. The van der Waals surface area contributed by atoms with Crippen LogP contribution < -0.4 is 5.19 Å². The second-order valence-corrected chi connectivity index (χ2v) is 7.64. The molecule has 3 unspecified atom stereocenters. The highest BCUT2D eigenvalue weighted by Crippen LogP contribution is 2.30. The SMILES string of the molecule is ClCc1ccccc1[Si]1CC(Cl)C(Cl)C(Cl)O1. The van der Waals surface area contributed by atoms with Crippen molar-refractivity contribution in [2.24, 2.45) is 0 Å². The molecular weight excluding hydrogens is 318 g/mol. The number of hydrogen-bond acceptors (Lipinski definition) is 1. The van der Waals surface area contributed by atoms with Crippen LogP contribution in [0.4, 0.5) is 0 Å². The van der Waals surface area contributed by atoms with Crippen molar-refractivity contribution in [1.29, 1.82) is 0 Å². The van der Waals surface area contributed by atoms with Gasteiger partial charge in [0.05, 0.1) is 10.8 Å². The predicted octanol–water partition coefficient (Wildman–Crippen LogP) is 3.43. The Kier molecular flexibility index (Phi) is 5.04. The van der Waals surface area contributed by atoms with Gasteiger partial charge in [-0.3, -0.25) is 0 Å². The highest BCUT2D eigenvalue weighted by Gasteiger charge is 2.38. The molecule has 2 rings (SSSR count). The summed E-state index contributed by atoms with van der Waals surface area (Å²) in [6, 6.07) is 8.73. The second-order valence-electron chi connectivity index (χ2n) is 3.85. The van der Waals surface area contributed by atoms with Crippen LogP contribution in [0.2, 0.25) is 6.04 Å². The van der Waals surface area contributed by atoms with Crippen molar-refractivity contribution in [3.63, 3.8) is 0 Å². The van der Waals surface area contributed by atoms with Gasteiger partial charge in [0, 0.05) is 5.88 Å². The molecule has 0 aromatic heterocycles. The van der Waals surface area contributed by atoms with Crippen molar-refractivity contribution in [3.8, 4) is 0 Å². The summed E-state index contributed by atoms with van der Waals surface area (Å²) >= 11 is 24.2. The van der Waals surface area contributed by atoms with E-state index in [1.54, 1.807) is 0 Å². The molecule has 93 valence electrons. The summed E-state index contributed by atoms with van der Waals surface area (Å²) < 4.78 is 5.79. The van der Waals surface area contributed by atoms with Gasteiger partial charge in [0.25, 0.3) is 9.04 Å². The van der Waals surface area contributed by atoms with E-state index in [-0.39, 0.29) is 10.8 Å². The van der Waals surface area contributed by atoms with Gasteiger partial charge in [-0.2, -0.15) is 0 Å². The van der Waals surface area contributed by atoms with Crippen molar-refractivity contribution in [1.82, 2.24) is 0 Å². The van der Waals surface area contributed by atoms with Gasteiger partial charge in [-0.15, -0.1) is 34.8 Å². The Bertz CT molecular complexity index is 377. The van der Waals surface area contributed by atoms with E-state index >= 15 is 0 Å². The molecule has 1 nitrogen and oxygen atoms in total. The van der Waals surface area contributed by atoms with Gasteiger partial charge < -0.3 is 4.43 Å². The van der Waals surface area contributed by atoms with E-state index in [0.29, 0.717) is 5.88 Å². The van der Waals surface area contributed by atoms with Crippen molar-refractivity contribution in [3.05, 3.63) is 29.8 Å². The van der Waals surface area contributed by atoms with Gasteiger partial charge in [0.15, 0.2) is 0 Å². The lowest BCUT2D eigenvalue weighted by Crippen LogP contribution is -2.49. The summed E-state index contributed by atoms with van der Waals surface area (Å²) in [5.74, 6) is 0.470. The smallest absolute Gasteiger partial charge is 0.250 e. The standard InChI is InChI=1S/C11H11Cl4OSi/c12-5-7-3-1-2-4-9(7)17-6-8(13)10(14)11(15)16-17/h1-4,8,10-11H,5-6H2. The fourth-order valence-corrected chi connectivity index (χ4v) is 5.91. The molecule has 0 spiro atoms. The van der Waals surface area contributed by atoms with Crippen molar-refractivity contribution in [2.75, 3.05) is 0 Å². The third-order valence-electron chi connectivity index (χ3n) is 2.69. The number of hydrogen-bond donors (Lipinski definition) is 0. The van der Waals surface area contributed by atoms with Crippen LogP contribution in [-0.4, -0.2) is 25.4 Å². The Hall–Kier alpha value is 0.557. The second kappa shape index (κ2) is 6.13. The number of rotatable bonds is 2. The lowest BCUT2D eigenvalue weighted by Gasteiger charge is -2.33. The lowest BCUT2D eigenvalue weighted by molar-refractivity contribution is 0.260. The van der Waals surface area contributed by atoms with E-state index in [1.165, 1.54) is 0 Å². The van der Waals surface area contributed by atoms with E-state index in [0.717, 1.165) is 16.8 Å². The minimum atomic E-state index is -1.23. The molecule has 0 amide bonds. The molecule has 1 saturated heterocycles. The summed E-state index contributed by atoms with van der Waals surface area (Å²) in [7, 11) is -1.23. The van der Waals surface area contributed by atoms with E-state index in [9.17, 15) is 0 Å². The summed E-state index contributed by atoms with van der Waals surface area (Å²) in [6.45, 7) is 0. The molecule has 6 heteroatoms. The Balaban J connectivity index is 2.22. The molecule has 1 radical (unpaired) electrons. The van der Waals surface area contributed by atoms with Gasteiger partial charge in [-0.1, -0.05) is 35.9 Å². The first-order valence-corrected chi connectivity index (χ1v) is 8.68. The van der Waals surface area contributed by atoms with Crippen LogP contribution in [0.15, 0.2) is 24.3 Å². The van der Waals surface area contributed by atoms with Crippen molar-refractivity contribution in [2.45, 2.75) is 28.2 Å². The van der Waals surface area contributed by atoms with Gasteiger partial charge >= 0.3 is 0 Å². The third-order valence-corrected chi connectivity index (χ3v) is 7.40. The number of benzene rings is 1. The Morgan fingerprint density at radius 3 is 2.59 bits per heavy atom. The first kappa shape index (κ1) is 14.0. The molecule has 0 aliphatic carbocycles. The van der Waals surface area contributed by atoms with E-state index in [4.69, 9.17) is 50.8 Å². The van der Waals surface area contributed by atoms with Gasteiger partial charge in [-0.05, 0) is 16.8 Å². The normalized spacial score (nSPS) is 30.5. The summed E-state index contributed by atoms with van der Waals surface area (Å²) in [4.78, 5) is 0.